The summed E-state index contributed by atoms with van der Waals surface area (Å²) in [6.07, 6.45) is 5.27. The van der Waals surface area contributed by atoms with Gasteiger partial charge in [0.15, 0.2) is 0 Å². The highest BCUT2D eigenvalue weighted by molar-refractivity contribution is 5.43. The topological polar surface area (TPSA) is 12.0 Å². The standard InChI is InChI=1S/C19H21N/c1-2-8-15(9-3-1)19-17-12-5-4-7-14-10-6-11-16(13-20-19)18(14)17/h1-3,6,8-11,17,19-20H,4-5,7,12-13H2. The molecule has 1 heterocycles. The van der Waals surface area contributed by atoms with Crippen LogP contribution in [0, 0.1) is 0 Å². The van der Waals surface area contributed by atoms with Crippen molar-refractivity contribution in [2.45, 2.75) is 44.2 Å². The molecular formula is C19H21N. The van der Waals surface area contributed by atoms with Crippen molar-refractivity contribution in [1.82, 2.24) is 5.32 Å². The molecule has 1 heteroatoms. The van der Waals surface area contributed by atoms with E-state index < -0.39 is 0 Å². The number of benzene rings is 2. The van der Waals surface area contributed by atoms with E-state index in [0.717, 1.165) is 6.54 Å². The molecule has 2 aliphatic rings. The van der Waals surface area contributed by atoms with Gasteiger partial charge in [0.05, 0.1) is 0 Å². The Morgan fingerprint density at radius 2 is 1.70 bits per heavy atom. The van der Waals surface area contributed by atoms with Crippen LogP contribution in [0.15, 0.2) is 48.5 Å². The van der Waals surface area contributed by atoms with Crippen LogP contribution in [0.1, 0.15) is 53.5 Å². The van der Waals surface area contributed by atoms with E-state index in [9.17, 15) is 0 Å². The van der Waals surface area contributed by atoms with Gasteiger partial charge in [0.2, 0.25) is 0 Å². The summed E-state index contributed by atoms with van der Waals surface area (Å²) in [5.41, 5.74) is 6.24. The Bertz CT molecular complexity index is 602. The largest absolute Gasteiger partial charge is 0.305 e. The molecule has 1 N–H and O–H groups in total. The van der Waals surface area contributed by atoms with Gasteiger partial charge in [-0.25, -0.2) is 0 Å². The quantitative estimate of drug-likeness (QED) is 0.807. The van der Waals surface area contributed by atoms with Gasteiger partial charge in [-0.3, -0.25) is 0 Å². The summed E-state index contributed by atoms with van der Waals surface area (Å²) in [7, 11) is 0. The van der Waals surface area contributed by atoms with E-state index >= 15 is 0 Å². The molecule has 2 unspecified atom stereocenters. The number of aryl methyl sites for hydroxylation is 1. The first kappa shape index (κ1) is 12.2. The van der Waals surface area contributed by atoms with Gasteiger partial charge in [-0.2, -0.15) is 0 Å². The molecule has 0 radical (unpaired) electrons. The molecular weight excluding hydrogens is 242 g/mol. The van der Waals surface area contributed by atoms with E-state index in [1.54, 1.807) is 11.1 Å². The highest BCUT2D eigenvalue weighted by Crippen LogP contribution is 2.43. The Hall–Kier alpha value is -1.60. The van der Waals surface area contributed by atoms with Crippen molar-refractivity contribution in [3.8, 4) is 0 Å². The summed E-state index contributed by atoms with van der Waals surface area (Å²) in [6.45, 7) is 1.01. The minimum atomic E-state index is 0.489. The highest BCUT2D eigenvalue weighted by atomic mass is 14.9. The first-order chi connectivity index (χ1) is 9.93. The van der Waals surface area contributed by atoms with Gasteiger partial charge < -0.3 is 5.32 Å². The molecule has 0 amide bonds. The Morgan fingerprint density at radius 1 is 0.850 bits per heavy atom. The Morgan fingerprint density at radius 3 is 2.60 bits per heavy atom. The SMILES string of the molecule is c1ccc(C2NCc3cccc4c3C2CCCC4)cc1. The second-order valence-corrected chi connectivity index (χ2v) is 6.11. The van der Waals surface area contributed by atoms with Crippen LogP contribution >= 0.6 is 0 Å². The molecule has 2 aromatic rings. The van der Waals surface area contributed by atoms with E-state index in [1.165, 1.54) is 36.8 Å². The molecule has 20 heavy (non-hydrogen) atoms. The molecule has 0 bridgehead atoms. The lowest BCUT2D eigenvalue weighted by Crippen LogP contribution is -2.32. The average Bonchev–Trinajstić information content (AvgIpc) is 2.73. The number of hydrogen-bond acceptors (Lipinski definition) is 1. The van der Waals surface area contributed by atoms with E-state index in [-0.39, 0.29) is 0 Å². The van der Waals surface area contributed by atoms with Crippen molar-refractivity contribution in [1.29, 1.82) is 0 Å². The minimum Gasteiger partial charge on any atom is -0.305 e. The zero-order valence-electron chi connectivity index (χ0n) is 11.8. The third-order valence-electron chi connectivity index (χ3n) is 4.94. The normalized spacial score (nSPS) is 24.8. The van der Waals surface area contributed by atoms with Gasteiger partial charge in [0.1, 0.15) is 0 Å². The Kier molecular flexibility index (Phi) is 3.08. The van der Waals surface area contributed by atoms with Crippen LogP contribution in [0.2, 0.25) is 0 Å². The van der Waals surface area contributed by atoms with Crippen molar-refractivity contribution in [2.75, 3.05) is 0 Å². The summed E-state index contributed by atoms with van der Waals surface area (Å²) in [5, 5.41) is 3.78. The monoisotopic (exact) mass is 263 g/mol. The van der Waals surface area contributed by atoms with Crippen molar-refractivity contribution >= 4 is 0 Å². The summed E-state index contributed by atoms with van der Waals surface area (Å²) in [5.74, 6) is 0.653. The molecule has 0 aromatic heterocycles. The molecule has 0 saturated heterocycles. The number of nitrogens with one attached hydrogen (secondary N) is 1. The minimum absolute atomic E-state index is 0.489. The molecule has 102 valence electrons. The molecule has 0 saturated carbocycles. The lowest BCUT2D eigenvalue weighted by molar-refractivity contribution is 0.392. The molecule has 2 aromatic carbocycles. The van der Waals surface area contributed by atoms with Crippen molar-refractivity contribution < 1.29 is 0 Å². The van der Waals surface area contributed by atoms with Crippen LogP contribution in [-0.2, 0) is 13.0 Å². The van der Waals surface area contributed by atoms with Gasteiger partial charge in [0.25, 0.3) is 0 Å². The maximum absolute atomic E-state index is 3.78. The third kappa shape index (κ3) is 1.97. The number of rotatable bonds is 1. The lowest BCUT2D eigenvalue weighted by atomic mass is 9.78. The smallest absolute Gasteiger partial charge is 0.0392 e. The first-order valence-corrected chi connectivity index (χ1v) is 7.82. The van der Waals surface area contributed by atoms with E-state index in [4.69, 9.17) is 0 Å². The van der Waals surface area contributed by atoms with Crippen LogP contribution in [0.3, 0.4) is 0 Å². The summed E-state index contributed by atoms with van der Waals surface area (Å²) in [4.78, 5) is 0. The Labute approximate surface area is 121 Å². The Balaban J connectivity index is 1.81. The molecule has 1 aliphatic carbocycles. The summed E-state index contributed by atoms with van der Waals surface area (Å²) >= 11 is 0. The average molecular weight is 263 g/mol. The van der Waals surface area contributed by atoms with Crippen molar-refractivity contribution in [3.63, 3.8) is 0 Å². The maximum Gasteiger partial charge on any atom is 0.0392 e. The summed E-state index contributed by atoms with van der Waals surface area (Å²) < 4.78 is 0. The van der Waals surface area contributed by atoms with E-state index in [0.29, 0.717) is 12.0 Å². The van der Waals surface area contributed by atoms with Crippen molar-refractivity contribution in [3.05, 3.63) is 70.8 Å². The predicted molar refractivity (Wildman–Crippen MR) is 82.8 cm³/mol. The maximum atomic E-state index is 3.78. The van der Waals surface area contributed by atoms with Gasteiger partial charge >= 0.3 is 0 Å². The predicted octanol–water partition coefficient (Wildman–Crippen LogP) is 4.34. The van der Waals surface area contributed by atoms with Crippen LogP contribution in [0.5, 0.6) is 0 Å². The van der Waals surface area contributed by atoms with Crippen LogP contribution in [0.4, 0.5) is 0 Å². The molecule has 4 rings (SSSR count). The fourth-order valence-electron chi connectivity index (χ4n) is 4.04. The third-order valence-corrected chi connectivity index (χ3v) is 4.94. The van der Waals surface area contributed by atoms with Gasteiger partial charge in [-0.1, -0.05) is 55.0 Å². The van der Waals surface area contributed by atoms with Crippen molar-refractivity contribution in [2.24, 2.45) is 0 Å². The van der Waals surface area contributed by atoms with E-state index in [1.807, 2.05) is 0 Å². The lowest BCUT2D eigenvalue weighted by Gasteiger charge is -2.35. The zero-order valence-corrected chi connectivity index (χ0v) is 11.8. The van der Waals surface area contributed by atoms with E-state index in [2.05, 4.69) is 53.8 Å². The van der Waals surface area contributed by atoms with Crippen LogP contribution in [0.25, 0.3) is 0 Å². The van der Waals surface area contributed by atoms with Gasteiger partial charge in [-0.05, 0) is 41.5 Å². The molecule has 2 atom stereocenters. The first-order valence-electron chi connectivity index (χ1n) is 7.82. The van der Waals surface area contributed by atoms with Gasteiger partial charge in [0, 0.05) is 18.5 Å². The van der Waals surface area contributed by atoms with Crippen LogP contribution in [-0.4, -0.2) is 0 Å². The van der Waals surface area contributed by atoms with Crippen LogP contribution < -0.4 is 5.32 Å². The highest BCUT2D eigenvalue weighted by Gasteiger charge is 2.32. The molecule has 1 nitrogen and oxygen atoms in total. The molecule has 1 aliphatic heterocycles. The summed E-state index contributed by atoms with van der Waals surface area (Å²) in [6, 6.07) is 18.4. The zero-order chi connectivity index (χ0) is 13.4. The molecule has 0 spiro atoms. The number of hydrogen-bond donors (Lipinski definition) is 1. The fraction of sp³-hybridized carbons (Fsp3) is 0.368. The second kappa shape index (κ2) is 5.06. The fourth-order valence-corrected chi connectivity index (χ4v) is 4.04. The molecule has 0 fully saturated rings. The van der Waals surface area contributed by atoms with Gasteiger partial charge in [-0.15, -0.1) is 0 Å². The second-order valence-electron chi connectivity index (χ2n) is 6.11.